The van der Waals surface area contributed by atoms with Crippen molar-refractivity contribution < 1.29 is 9.53 Å². The number of carbonyl (C=O) groups is 1. The predicted molar refractivity (Wildman–Crippen MR) is 145 cm³/mol. The Morgan fingerprint density at radius 2 is 1.80 bits per heavy atom. The summed E-state index contributed by atoms with van der Waals surface area (Å²) in [5.74, 6) is 0.306. The van der Waals surface area contributed by atoms with Gasteiger partial charge >= 0.3 is 0 Å². The highest BCUT2D eigenvalue weighted by Crippen LogP contribution is 2.36. The van der Waals surface area contributed by atoms with Crippen LogP contribution in [0.3, 0.4) is 0 Å². The predicted octanol–water partition coefficient (Wildman–Crippen LogP) is 5.16. The van der Waals surface area contributed by atoms with E-state index in [1.165, 1.54) is 12.7 Å². The van der Waals surface area contributed by atoms with E-state index in [4.69, 9.17) is 4.74 Å². The van der Waals surface area contributed by atoms with Gasteiger partial charge in [0.05, 0.1) is 0 Å². The molecule has 0 unspecified atom stereocenters. The third kappa shape index (κ3) is 6.21. The van der Waals surface area contributed by atoms with Crippen LogP contribution >= 0.6 is 0 Å². The molecule has 7 heteroatoms. The fraction of sp³-hybridized carbons (Fsp3) is 0.393. The van der Waals surface area contributed by atoms with E-state index in [0.717, 1.165) is 39.4 Å². The first kappa shape index (κ1) is 24.8. The highest BCUT2D eigenvalue weighted by molar-refractivity contribution is 6.08. The number of hydrogen-bond acceptors (Lipinski definition) is 4. The van der Waals surface area contributed by atoms with Crippen LogP contribution in [0.4, 0.5) is 0 Å². The van der Waals surface area contributed by atoms with Crippen molar-refractivity contribution in [2.24, 2.45) is 10.8 Å². The van der Waals surface area contributed by atoms with E-state index in [9.17, 15) is 4.79 Å². The van der Waals surface area contributed by atoms with Crippen molar-refractivity contribution in [3.8, 4) is 17.0 Å². The number of H-pyrrole nitrogens is 1. The summed E-state index contributed by atoms with van der Waals surface area (Å²) in [4.78, 5) is 24.4. The van der Waals surface area contributed by atoms with Gasteiger partial charge in [-0.05, 0) is 41.0 Å². The lowest BCUT2D eigenvalue weighted by molar-refractivity contribution is -0.123. The standard InChI is InChI=1S/C28H35BN4O2/c1-27(2,10-11-29)17-28(3,4)18-32-25(34)16-35-26-8-6-20(14-31-26)19-5-7-21-22-15-30-12-9-23(22)33-24(21)13-19/h5-9,12-15,33H,10-11,16-18,29H2,1-4H3,(H,32,34). The molecular weight excluding hydrogens is 435 g/mol. The SMILES string of the molecule is BCCC(C)(C)CC(C)(C)CNC(=O)COc1ccc(-c2ccc3c(c2)[nH]c2ccncc23)cn1. The lowest BCUT2D eigenvalue weighted by atomic mass is 9.71. The average molecular weight is 470 g/mol. The zero-order chi connectivity index (χ0) is 25.1. The van der Waals surface area contributed by atoms with Crippen LogP contribution in [0.15, 0.2) is 55.0 Å². The first-order valence-corrected chi connectivity index (χ1v) is 12.4. The van der Waals surface area contributed by atoms with Crippen molar-refractivity contribution in [3.05, 3.63) is 55.0 Å². The molecule has 0 aliphatic heterocycles. The highest BCUT2D eigenvalue weighted by atomic mass is 16.5. The zero-order valence-electron chi connectivity index (χ0n) is 21.4. The Hall–Kier alpha value is -3.35. The molecule has 2 N–H and O–H groups in total. The Morgan fingerprint density at radius 1 is 1.00 bits per heavy atom. The third-order valence-electron chi connectivity index (χ3n) is 6.47. The number of nitrogens with one attached hydrogen (secondary N) is 2. The second-order valence-corrected chi connectivity index (χ2v) is 11.0. The topological polar surface area (TPSA) is 79.9 Å². The smallest absolute Gasteiger partial charge is 0.258 e. The molecule has 0 atom stereocenters. The zero-order valence-corrected chi connectivity index (χ0v) is 21.4. The maximum atomic E-state index is 12.4. The van der Waals surface area contributed by atoms with Gasteiger partial charge in [-0.1, -0.05) is 52.6 Å². The molecule has 0 saturated carbocycles. The minimum absolute atomic E-state index is 0.0246. The average Bonchev–Trinajstić information content (AvgIpc) is 3.19. The van der Waals surface area contributed by atoms with Gasteiger partial charge in [0.1, 0.15) is 7.85 Å². The number of hydrogen-bond donors (Lipinski definition) is 2. The minimum atomic E-state index is -0.129. The highest BCUT2D eigenvalue weighted by Gasteiger charge is 2.28. The molecule has 0 radical (unpaired) electrons. The summed E-state index contributed by atoms with van der Waals surface area (Å²) in [6.07, 6.45) is 8.85. The minimum Gasteiger partial charge on any atom is -0.468 e. The van der Waals surface area contributed by atoms with Crippen LogP contribution in [0.1, 0.15) is 40.5 Å². The van der Waals surface area contributed by atoms with Crippen LogP contribution in [0.5, 0.6) is 5.88 Å². The Bertz CT molecular complexity index is 1310. The Kier molecular flexibility index (Phi) is 7.15. The van der Waals surface area contributed by atoms with Gasteiger partial charge in [-0.2, -0.15) is 0 Å². The van der Waals surface area contributed by atoms with Crippen LogP contribution in [0.2, 0.25) is 6.32 Å². The van der Waals surface area contributed by atoms with Crippen LogP contribution in [0.25, 0.3) is 32.9 Å². The Labute approximate surface area is 208 Å². The number of benzene rings is 1. The molecule has 1 aromatic carbocycles. The summed E-state index contributed by atoms with van der Waals surface area (Å²) >= 11 is 0. The molecule has 182 valence electrons. The van der Waals surface area contributed by atoms with Crippen molar-refractivity contribution in [3.63, 3.8) is 0 Å². The number of nitrogens with zero attached hydrogens (tertiary/aromatic N) is 2. The summed E-state index contributed by atoms with van der Waals surface area (Å²) in [6, 6.07) is 12.0. The normalized spacial score (nSPS) is 12.2. The molecule has 0 spiro atoms. The van der Waals surface area contributed by atoms with E-state index in [0.29, 0.717) is 12.4 Å². The lowest BCUT2D eigenvalue weighted by Gasteiger charge is -2.35. The first-order chi connectivity index (χ1) is 16.7. The van der Waals surface area contributed by atoms with E-state index < -0.39 is 0 Å². The summed E-state index contributed by atoms with van der Waals surface area (Å²) in [5.41, 5.74) is 4.46. The fourth-order valence-corrected chi connectivity index (χ4v) is 5.21. The molecular formula is C28H35BN4O2. The largest absolute Gasteiger partial charge is 0.468 e. The van der Waals surface area contributed by atoms with E-state index in [-0.39, 0.29) is 23.3 Å². The second kappa shape index (κ2) is 10.1. The van der Waals surface area contributed by atoms with E-state index in [1.807, 2.05) is 18.3 Å². The molecule has 6 nitrogen and oxygen atoms in total. The molecule has 3 aromatic heterocycles. The molecule has 4 rings (SSSR count). The summed E-state index contributed by atoms with van der Waals surface area (Å²) in [6.45, 7) is 9.59. The molecule has 0 aliphatic rings. The molecule has 1 amide bonds. The number of ether oxygens (including phenoxy) is 1. The van der Waals surface area contributed by atoms with Crippen molar-refractivity contribution in [1.82, 2.24) is 20.3 Å². The molecule has 3 heterocycles. The first-order valence-electron chi connectivity index (χ1n) is 12.4. The quantitative estimate of drug-likeness (QED) is 0.314. The molecule has 0 fully saturated rings. The lowest BCUT2D eigenvalue weighted by Crippen LogP contribution is -2.38. The van der Waals surface area contributed by atoms with Gasteiger partial charge in [0.2, 0.25) is 5.88 Å². The number of amides is 1. The summed E-state index contributed by atoms with van der Waals surface area (Å²) < 4.78 is 5.64. The monoisotopic (exact) mass is 470 g/mol. The maximum Gasteiger partial charge on any atom is 0.258 e. The van der Waals surface area contributed by atoms with E-state index in [1.54, 1.807) is 18.5 Å². The van der Waals surface area contributed by atoms with E-state index in [2.05, 4.69) is 74.0 Å². The fourth-order valence-electron chi connectivity index (χ4n) is 5.21. The van der Waals surface area contributed by atoms with Crippen LogP contribution in [-0.4, -0.2) is 41.9 Å². The number of fused-ring (bicyclic) bond motifs is 3. The van der Waals surface area contributed by atoms with Gasteiger partial charge in [0, 0.05) is 58.6 Å². The van der Waals surface area contributed by atoms with Gasteiger partial charge in [0.25, 0.3) is 5.91 Å². The van der Waals surface area contributed by atoms with Gasteiger partial charge in [-0.15, -0.1) is 0 Å². The number of carbonyl (C=O) groups excluding carboxylic acids is 1. The van der Waals surface area contributed by atoms with Crippen LogP contribution < -0.4 is 10.1 Å². The van der Waals surface area contributed by atoms with Crippen molar-refractivity contribution in [1.29, 1.82) is 0 Å². The second-order valence-electron chi connectivity index (χ2n) is 11.0. The van der Waals surface area contributed by atoms with Crippen molar-refractivity contribution >= 4 is 35.6 Å². The molecule has 0 aliphatic carbocycles. The Morgan fingerprint density at radius 3 is 2.54 bits per heavy atom. The molecule has 4 aromatic rings. The van der Waals surface area contributed by atoms with E-state index >= 15 is 0 Å². The number of rotatable bonds is 10. The van der Waals surface area contributed by atoms with Gasteiger partial charge < -0.3 is 15.0 Å². The number of aromatic amines is 1. The van der Waals surface area contributed by atoms with Gasteiger partial charge in [-0.3, -0.25) is 9.78 Å². The summed E-state index contributed by atoms with van der Waals surface area (Å²) in [7, 11) is 2.22. The Balaban J connectivity index is 1.32. The molecule has 0 saturated heterocycles. The van der Waals surface area contributed by atoms with Crippen molar-refractivity contribution in [2.75, 3.05) is 13.2 Å². The molecule has 35 heavy (non-hydrogen) atoms. The van der Waals surface area contributed by atoms with Crippen LogP contribution in [-0.2, 0) is 4.79 Å². The number of aromatic nitrogens is 3. The molecule has 0 bridgehead atoms. The number of pyridine rings is 2. The van der Waals surface area contributed by atoms with Gasteiger partial charge in [-0.25, -0.2) is 4.98 Å². The van der Waals surface area contributed by atoms with Crippen LogP contribution in [0, 0.1) is 10.8 Å². The third-order valence-corrected chi connectivity index (χ3v) is 6.47. The van der Waals surface area contributed by atoms with Crippen molar-refractivity contribution in [2.45, 2.75) is 46.9 Å². The summed E-state index contributed by atoms with van der Waals surface area (Å²) in [5, 5.41) is 5.28. The maximum absolute atomic E-state index is 12.4. The van der Waals surface area contributed by atoms with Gasteiger partial charge in [0.15, 0.2) is 6.61 Å².